The van der Waals surface area contributed by atoms with E-state index >= 15 is 0 Å². The summed E-state index contributed by atoms with van der Waals surface area (Å²) >= 11 is 0. The topological polar surface area (TPSA) is 82.4 Å². The molecule has 6 nitrogen and oxygen atoms in total. The van der Waals surface area contributed by atoms with Crippen molar-refractivity contribution in [1.82, 2.24) is 9.62 Å². The van der Waals surface area contributed by atoms with Crippen LogP contribution in [0.5, 0.6) is 0 Å². The SMILES string of the molecule is COCCN(C)CCNS(=O)(=O)Cc1ccc(C#N)cc1. The molecule has 0 saturated carbocycles. The molecule has 1 N–H and O–H groups in total. The molecule has 0 aliphatic heterocycles. The van der Waals surface area contributed by atoms with Crippen molar-refractivity contribution in [2.45, 2.75) is 5.75 Å². The van der Waals surface area contributed by atoms with Crippen molar-refractivity contribution in [2.75, 3.05) is 40.4 Å². The molecule has 0 aromatic heterocycles. The Morgan fingerprint density at radius 1 is 1.29 bits per heavy atom. The molecule has 21 heavy (non-hydrogen) atoms. The summed E-state index contributed by atoms with van der Waals surface area (Å²) in [5.74, 6) is -0.0828. The minimum Gasteiger partial charge on any atom is -0.383 e. The molecule has 1 aromatic carbocycles. The Morgan fingerprint density at radius 2 is 1.95 bits per heavy atom. The molecule has 0 unspecified atom stereocenters. The number of benzene rings is 1. The van der Waals surface area contributed by atoms with Crippen LogP contribution >= 0.6 is 0 Å². The van der Waals surface area contributed by atoms with E-state index in [9.17, 15) is 8.42 Å². The van der Waals surface area contributed by atoms with Crippen molar-refractivity contribution in [1.29, 1.82) is 5.26 Å². The fraction of sp³-hybridized carbons (Fsp3) is 0.500. The molecule has 0 aliphatic carbocycles. The first-order valence-electron chi connectivity index (χ1n) is 6.60. The smallest absolute Gasteiger partial charge is 0.215 e. The van der Waals surface area contributed by atoms with Gasteiger partial charge in [0.2, 0.25) is 10.0 Å². The number of nitrogens with zero attached hydrogens (tertiary/aromatic N) is 2. The number of methoxy groups -OCH3 is 1. The average Bonchev–Trinajstić information content (AvgIpc) is 2.45. The molecule has 0 radical (unpaired) electrons. The maximum absolute atomic E-state index is 11.9. The van der Waals surface area contributed by atoms with Crippen LogP contribution in [0.15, 0.2) is 24.3 Å². The first kappa shape index (κ1) is 17.6. The lowest BCUT2D eigenvalue weighted by molar-refractivity contribution is 0.162. The number of sulfonamides is 1. The molecule has 0 aliphatic rings. The van der Waals surface area contributed by atoms with Gasteiger partial charge < -0.3 is 9.64 Å². The highest BCUT2D eigenvalue weighted by atomic mass is 32.2. The van der Waals surface area contributed by atoms with Gasteiger partial charge in [0.1, 0.15) is 0 Å². The minimum absolute atomic E-state index is 0.0828. The summed E-state index contributed by atoms with van der Waals surface area (Å²) in [7, 11) is 0.183. The van der Waals surface area contributed by atoms with Gasteiger partial charge in [0, 0.05) is 26.7 Å². The molecule has 116 valence electrons. The predicted octanol–water partition coefficient (Wildman–Crippen LogP) is 0.556. The molecule has 7 heteroatoms. The van der Waals surface area contributed by atoms with Crippen LogP contribution in [0.2, 0.25) is 0 Å². The highest BCUT2D eigenvalue weighted by molar-refractivity contribution is 7.88. The molecule has 0 heterocycles. The quantitative estimate of drug-likeness (QED) is 0.720. The van der Waals surface area contributed by atoms with Gasteiger partial charge in [-0.2, -0.15) is 5.26 Å². The lowest BCUT2D eigenvalue weighted by Gasteiger charge is -2.16. The molecule has 0 amide bonds. The number of likely N-dealkylation sites (N-methyl/N-ethyl adjacent to an activating group) is 1. The number of nitrogens with one attached hydrogen (secondary N) is 1. The Morgan fingerprint density at radius 3 is 2.52 bits per heavy atom. The van der Waals surface area contributed by atoms with E-state index in [-0.39, 0.29) is 5.75 Å². The summed E-state index contributed by atoms with van der Waals surface area (Å²) in [6.45, 7) is 2.36. The molecule has 0 spiro atoms. The largest absolute Gasteiger partial charge is 0.383 e. The second-order valence-corrected chi connectivity index (χ2v) is 6.57. The highest BCUT2D eigenvalue weighted by Gasteiger charge is 2.11. The number of rotatable bonds is 9. The normalized spacial score (nSPS) is 11.5. The molecule has 0 atom stereocenters. The summed E-state index contributed by atoms with van der Waals surface area (Å²) in [6.07, 6.45) is 0. The van der Waals surface area contributed by atoms with Gasteiger partial charge >= 0.3 is 0 Å². The second-order valence-electron chi connectivity index (χ2n) is 4.76. The first-order valence-corrected chi connectivity index (χ1v) is 8.26. The molecular formula is C14H21N3O3S. The first-order chi connectivity index (χ1) is 9.96. The van der Waals surface area contributed by atoms with Crippen molar-refractivity contribution in [3.05, 3.63) is 35.4 Å². The van der Waals surface area contributed by atoms with E-state index in [1.165, 1.54) is 0 Å². The maximum atomic E-state index is 11.9. The third-order valence-electron chi connectivity index (χ3n) is 2.93. The van der Waals surface area contributed by atoms with Crippen molar-refractivity contribution in [2.24, 2.45) is 0 Å². The van der Waals surface area contributed by atoms with Gasteiger partial charge in [-0.05, 0) is 24.7 Å². The Kier molecular flexibility index (Phi) is 7.32. The van der Waals surface area contributed by atoms with E-state index in [2.05, 4.69) is 4.72 Å². The summed E-state index contributed by atoms with van der Waals surface area (Å²) in [6, 6.07) is 8.54. The van der Waals surface area contributed by atoms with Crippen LogP contribution in [0, 0.1) is 11.3 Å². The standard InChI is InChI=1S/C14H21N3O3S/c1-17(9-10-20-2)8-7-16-21(18,19)12-14-5-3-13(11-15)4-6-14/h3-6,16H,7-10,12H2,1-2H3. The zero-order valence-electron chi connectivity index (χ0n) is 12.4. The van der Waals surface area contributed by atoms with Crippen LogP contribution in [0.4, 0.5) is 0 Å². The van der Waals surface area contributed by atoms with Gasteiger partial charge in [-0.1, -0.05) is 12.1 Å². The van der Waals surface area contributed by atoms with Crippen LogP contribution in [0.1, 0.15) is 11.1 Å². The fourth-order valence-corrected chi connectivity index (χ4v) is 2.83. The molecule has 0 fully saturated rings. The van der Waals surface area contributed by atoms with Crippen molar-refractivity contribution in [3.8, 4) is 6.07 Å². The Labute approximate surface area is 126 Å². The summed E-state index contributed by atoms with van der Waals surface area (Å²) in [4.78, 5) is 1.99. The van der Waals surface area contributed by atoms with Crippen LogP contribution in [-0.2, 0) is 20.5 Å². The average molecular weight is 311 g/mol. The monoisotopic (exact) mass is 311 g/mol. The number of hydrogen-bond donors (Lipinski definition) is 1. The van der Waals surface area contributed by atoms with Crippen molar-refractivity contribution >= 4 is 10.0 Å². The molecule has 1 rings (SSSR count). The summed E-state index contributed by atoms with van der Waals surface area (Å²) in [5.41, 5.74) is 1.18. The van der Waals surface area contributed by atoms with Gasteiger partial charge in [-0.15, -0.1) is 0 Å². The zero-order chi connectivity index (χ0) is 15.7. The Balaban J connectivity index is 2.41. The number of hydrogen-bond acceptors (Lipinski definition) is 5. The van der Waals surface area contributed by atoms with Crippen LogP contribution in [0.25, 0.3) is 0 Å². The van der Waals surface area contributed by atoms with E-state index in [1.54, 1.807) is 31.4 Å². The van der Waals surface area contributed by atoms with E-state index < -0.39 is 10.0 Å². The lowest BCUT2D eigenvalue weighted by atomic mass is 10.2. The molecule has 0 bridgehead atoms. The maximum Gasteiger partial charge on any atom is 0.215 e. The molecule has 1 aromatic rings. The van der Waals surface area contributed by atoms with Crippen molar-refractivity contribution in [3.63, 3.8) is 0 Å². The van der Waals surface area contributed by atoms with Gasteiger partial charge in [0.15, 0.2) is 0 Å². The summed E-state index contributed by atoms with van der Waals surface area (Å²) in [5, 5.41) is 8.70. The number of ether oxygens (including phenoxy) is 1. The lowest BCUT2D eigenvalue weighted by Crippen LogP contribution is -2.34. The van der Waals surface area contributed by atoms with E-state index in [0.717, 1.165) is 6.54 Å². The summed E-state index contributed by atoms with van der Waals surface area (Å²) < 4.78 is 31.4. The Hall–Kier alpha value is -1.46. The third-order valence-corrected chi connectivity index (χ3v) is 4.29. The minimum atomic E-state index is -3.36. The second kappa shape index (κ2) is 8.74. The van der Waals surface area contributed by atoms with Gasteiger partial charge in [-0.25, -0.2) is 13.1 Å². The van der Waals surface area contributed by atoms with Gasteiger partial charge in [-0.3, -0.25) is 0 Å². The van der Waals surface area contributed by atoms with E-state index in [1.807, 2.05) is 18.0 Å². The van der Waals surface area contributed by atoms with Crippen LogP contribution in [-0.4, -0.2) is 53.7 Å². The fourth-order valence-electron chi connectivity index (χ4n) is 1.70. The van der Waals surface area contributed by atoms with Crippen LogP contribution < -0.4 is 4.72 Å². The predicted molar refractivity (Wildman–Crippen MR) is 81.2 cm³/mol. The molecular weight excluding hydrogens is 290 g/mol. The van der Waals surface area contributed by atoms with Crippen LogP contribution in [0.3, 0.4) is 0 Å². The van der Waals surface area contributed by atoms with E-state index in [4.69, 9.17) is 10.00 Å². The van der Waals surface area contributed by atoms with Gasteiger partial charge in [0.25, 0.3) is 0 Å². The Bertz CT molecular complexity index is 564. The van der Waals surface area contributed by atoms with Crippen molar-refractivity contribution < 1.29 is 13.2 Å². The third kappa shape index (κ3) is 7.20. The molecule has 0 saturated heterocycles. The highest BCUT2D eigenvalue weighted by Crippen LogP contribution is 2.07. The van der Waals surface area contributed by atoms with Gasteiger partial charge in [0.05, 0.1) is 24.0 Å². The zero-order valence-corrected chi connectivity index (χ0v) is 13.2. The van der Waals surface area contributed by atoms with E-state index in [0.29, 0.717) is 30.8 Å². The number of nitriles is 1.